The zero-order chi connectivity index (χ0) is 15.7. The van der Waals surface area contributed by atoms with Crippen molar-refractivity contribution < 1.29 is 5.11 Å². The molecule has 0 aromatic heterocycles. The SMILES string of the molecule is CCCC(CCC)c1cc(O)cc(C(CCC)CCC)c1. The second-order valence-electron chi connectivity index (χ2n) is 6.41. The van der Waals surface area contributed by atoms with Gasteiger partial charge in [-0.25, -0.2) is 0 Å². The number of hydrogen-bond donors (Lipinski definition) is 1. The number of phenols is 1. The van der Waals surface area contributed by atoms with Crippen molar-refractivity contribution in [3.8, 4) is 5.75 Å². The molecule has 0 saturated heterocycles. The number of hydrogen-bond acceptors (Lipinski definition) is 1. The fourth-order valence-corrected chi connectivity index (χ4v) is 3.48. The first-order chi connectivity index (χ1) is 10.2. The van der Waals surface area contributed by atoms with Crippen LogP contribution in [-0.2, 0) is 0 Å². The first-order valence-electron chi connectivity index (χ1n) is 8.99. The zero-order valence-corrected chi connectivity index (χ0v) is 14.5. The molecule has 0 fully saturated rings. The molecule has 120 valence electrons. The van der Waals surface area contributed by atoms with E-state index in [0.717, 1.165) is 0 Å². The second kappa shape index (κ2) is 9.87. The van der Waals surface area contributed by atoms with Crippen LogP contribution in [0.1, 0.15) is 102 Å². The maximum Gasteiger partial charge on any atom is 0.116 e. The topological polar surface area (TPSA) is 20.2 Å². The Labute approximate surface area is 131 Å². The van der Waals surface area contributed by atoms with E-state index in [1.165, 1.54) is 62.5 Å². The van der Waals surface area contributed by atoms with Crippen LogP contribution >= 0.6 is 0 Å². The molecule has 0 aliphatic carbocycles. The van der Waals surface area contributed by atoms with Crippen LogP contribution in [0.2, 0.25) is 0 Å². The van der Waals surface area contributed by atoms with Gasteiger partial charge in [0.2, 0.25) is 0 Å². The number of aromatic hydroxyl groups is 1. The lowest BCUT2D eigenvalue weighted by molar-refractivity contribution is 0.467. The molecule has 0 saturated carbocycles. The number of benzene rings is 1. The molecule has 0 aliphatic heterocycles. The van der Waals surface area contributed by atoms with Gasteiger partial charge in [-0.3, -0.25) is 0 Å². The lowest BCUT2D eigenvalue weighted by Crippen LogP contribution is -2.03. The predicted molar refractivity (Wildman–Crippen MR) is 93.2 cm³/mol. The minimum atomic E-state index is 0.455. The molecule has 0 spiro atoms. The Balaban J connectivity index is 3.05. The first-order valence-corrected chi connectivity index (χ1v) is 8.99. The molecule has 0 radical (unpaired) electrons. The summed E-state index contributed by atoms with van der Waals surface area (Å²) < 4.78 is 0. The summed E-state index contributed by atoms with van der Waals surface area (Å²) in [5.41, 5.74) is 2.71. The average molecular weight is 290 g/mol. The van der Waals surface area contributed by atoms with Crippen molar-refractivity contribution in [2.24, 2.45) is 0 Å². The van der Waals surface area contributed by atoms with E-state index in [-0.39, 0.29) is 0 Å². The Hall–Kier alpha value is -0.980. The molecule has 0 heterocycles. The van der Waals surface area contributed by atoms with Gasteiger partial charge in [0, 0.05) is 0 Å². The predicted octanol–water partition coefficient (Wildman–Crippen LogP) is 6.76. The Bertz CT molecular complexity index is 351. The van der Waals surface area contributed by atoms with Gasteiger partial charge in [0.05, 0.1) is 0 Å². The van der Waals surface area contributed by atoms with Crippen LogP contribution < -0.4 is 0 Å². The summed E-state index contributed by atoms with van der Waals surface area (Å²) >= 11 is 0. The quantitative estimate of drug-likeness (QED) is 0.504. The van der Waals surface area contributed by atoms with E-state index in [1.807, 2.05) is 12.1 Å². The van der Waals surface area contributed by atoms with Crippen molar-refractivity contribution in [3.05, 3.63) is 29.3 Å². The van der Waals surface area contributed by atoms with Crippen LogP contribution in [0.15, 0.2) is 18.2 Å². The van der Waals surface area contributed by atoms with Crippen molar-refractivity contribution >= 4 is 0 Å². The molecule has 0 unspecified atom stereocenters. The van der Waals surface area contributed by atoms with E-state index < -0.39 is 0 Å². The minimum absolute atomic E-state index is 0.455. The zero-order valence-electron chi connectivity index (χ0n) is 14.5. The maximum atomic E-state index is 10.2. The van der Waals surface area contributed by atoms with Crippen molar-refractivity contribution in [1.29, 1.82) is 0 Å². The Morgan fingerprint density at radius 3 is 1.29 bits per heavy atom. The number of phenolic OH excluding ortho intramolecular Hbond substituents is 1. The lowest BCUT2D eigenvalue weighted by Gasteiger charge is -2.21. The van der Waals surface area contributed by atoms with Crippen LogP contribution in [0, 0.1) is 0 Å². The van der Waals surface area contributed by atoms with Crippen molar-refractivity contribution in [2.75, 3.05) is 0 Å². The van der Waals surface area contributed by atoms with Gasteiger partial charge < -0.3 is 5.11 Å². The summed E-state index contributed by atoms with van der Waals surface area (Å²) in [5, 5.41) is 10.2. The van der Waals surface area contributed by atoms with Gasteiger partial charge in [0.15, 0.2) is 0 Å². The van der Waals surface area contributed by atoms with Gasteiger partial charge in [-0.15, -0.1) is 0 Å². The van der Waals surface area contributed by atoms with Crippen molar-refractivity contribution in [1.82, 2.24) is 0 Å². The third-order valence-electron chi connectivity index (χ3n) is 4.45. The van der Waals surface area contributed by atoms with E-state index in [2.05, 4.69) is 33.8 Å². The summed E-state index contributed by atoms with van der Waals surface area (Å²) in [6.45, 7) is 9.01. The largest absolute Gasteiger partial charge is 0.508 e. The minimum Gasteiger partial charge on any atom is -0.508 e. The van der Waals surface area contributed by atoms with E-state index in [0.29, 0.717) is 17.6 Å². The van der Waals surface area contributed by atoms with E-state index in [4.69, 9.17) is 0 Å². The highest BCUT2D eigenvalue weighted by Gasteiger charge is 2.16. The smallest absolute Gasteiger partial charge is 0.116 e. The van der Waals surface area contributed by atoms with Gasteiger partial charge in [-0.2, -0.15) is 0 Å². The van der Waals surface area contributed by atoms with E-state index >= 15 is 0 Å². The van der Waals surface area contributed by atoms with Crippen molar-refractivity contribution in [3.63, 3.8) is 0 Å². The molecule has 1 aromatic rings. The molecule has 1 aromatic carbocycles. The summed E-state index contributed by atoms with van der Waals surface area (Å²) in [6.07, 6.45) is 9.75. The fourth-order valence-electron chi connectivity index (χ4n) is 3.48. The van der Waals surface area contributed by atoms with Crippen LogP contribution in [0.4, 0.5) is 0 Å². The third-order valence-corrected chi connectivity index (χ3v) is 4.45. The van der Waals surface area contributed by atoms with Crippen molar-refractivity contribution in [2.45, 2.75) is 90.9 Å². The highest BCUT2D eigenvalue weighted by Crippen LogP contribution is 2.34. The summed E-state index contributed by atoms with van der Waals surface area (Å²) in [4.78, 5) is 0. The molecule has 1 nitrogen and oxygen atoms in total. The van der Waals surface area contributed by atoms with Gasteiger partial charge >= 0.3 is 0 Å². The monoisotopic (exact) mass is 290 g/mol. The Morgan fingerprint density at radius 2 is 1.00 bits per heavy atom. The van der Waals surface area contributed by atoms with Crippen LogP contribution in [-0.4, -0.2) is 5.11 Å². The summed E-state index contributed by atoms with van der Waals surface area (Å²) in [6, 6.07) is 6.37. The molecule has 0 amide bonds. The highest BCUT2D eigenvalue weighted by atomic mass is 16.3. The highest BCUT2D eigenvalue weighted by molar-refractivity contribution is 5.37. The normalized spacial score (nSPS) is 11.5. The second-order valence-corrected chi connectivity index (χ2v) is 6.41. The molecule has 0 atom stereocenters. The number of rotatable bonds is 10. The molecular formula is C20H34O. The standard InChI is InChI=1S/C20H34O/c1-5-9-16(10-6-2)18-13-19(15-20(21)14-18)17(11-7-3)12-8-4/h13-17,21H,5-12H2,1-4H3. The molecule has 1 heteroatoms. The van der Waals surface area contributed by atoms with Gasteiger partial charge in [0.1, 0.15) is 5.75 Å². The lowest BCUT2D eigenvalue weighted by atomic mass is 9.85. The Morgan fingerprint density at radius 1 is 0.667 bits per heavy atom. The maximum absolute atomic E-state index is 10.2. The average Bonchev–Trinajstić information content (AvgIpc) is 2.46. The third kappa shape index (κ3) is 5.73. The summed E-state index contributed by atoms with van der Waals surface area (Å²) in [5.74, 6) is 1.67. The van der Waals surface area contributed by atoms with Gasteiger partial charge in [0.25, 0.3) is 0 Å². The van der Waals surface area contributed by atoms with Crippen LogP contribution in [0.3, 0.4) is 0 Å². The van der Waals surface area contributed by atoms with E-state index in [1.54, 1.807) is 0 Å². The van der Waals surface area contributed by atoms with E-state index in [9.17, 15) is 5.11 Å². The molecule has 0 aliphatic rings. The Kier molecular flexibility index (Phi) is 8.49. The molecular weight excluding hydrogens is 256 g/mol. The molecule has 1 N–H and O–H groups in total. The van der Waals surface area contributed by atoms with Crippen LogP contribution in [0.25, 0.3) is 0 Å². The molecule has 0 bridgehead atoms. The fraction of sp³-hybridized carbons (Fsp3) is 0.700. The van der Waals surface area contributed by atoms with Crippen LogP contribution in [0.5, 0.6) is 5.75 Å². The first kappa shape index (κ1) is 18.1. The summed E-state index contributed by atoms with van der Waals surface area (Å²) in [7, 11) is 0. The van der Waals surface area contributed by atoms with Gasteiger partial charge in [-0.1, -0.05) is 59.4 Å². The molecule has 21 heavy (non-hydrogen) atoms. The van der Waals surface area contributed by atoms with Gasteiger partial charge in [-0.05, 0) is 60.8 Å². The molecule has 1 rings (SSSR count).